The van der Waals surface area contributed by atoms with Gasteiger partial charge < -0.3 is 0 Å². The van der Waals surface area contributed by atoms with Crippen molar-refractivity contribution < 1.29 is 15.6 Å². The van der Waals surface area contributed by atoms with E-state index in [-0.39, 0.29) is 7.25 Å². The van der Waals surface area contributed by atoms with Gasteiger partial charge in [0.1, 0.15) is 0 Å². The van der Waals surface area contributed by atoms with E-state index in [0.29, 0.717) is 23.7 Å². The third kappa shape index (κ3) is 6.90. The van der Waals surface area contributed by atoms with Crippen molar-refractivity contribution in [2.75, 3.05) is 0 Å². The second-order valence-electron chi connectivity index (χ2n) is 18.3. The summed E-state index contributed by atoms with van der Waals surface area (Å²) in [5.74, 6) is -0.208. The predicted octanol–water partition coefficient (Wildman–Crippen LogP) is 16.2. The van der Waals surface area contributed by atoms with Crippen LogP contribution in [0.15, 0.2) is 71.8 Å². The Kier molecular flexibility index (Phi) is 11.9. The predicted molar refractivity (Wildman–Crippen MR) is 242 cm³/mol. The number of fused-ring (bicyclic) bond motifs is 2. The van der Waals surface area contributed by atoms with E-state index in [2.05, 4.69) is 169 Å². The van der Waals surface area contributed by atoms with Crippen LogP contribution < -0.4 is 0 Å². The van der Waals surface area contributed by atoms with Crippen molar-refractivity contribution in [3.8, 4) is 22.3 Å². The summed E-state index contributed by atoms with van der Waals surface area (Å²) >= 11 is -5.06. The molecule has 0 amide bonds. The van der Waals surface area contributed by atoms with Crippen molar-refractivity contribution in [2.24, 2.45) is 11.8 Å². The average molecular weight is 856 g/mol. The third-order valence-corrected chi connectivity index (χ3v) is 65.0. The Bertz CT molecular complexity index is 1980. The van der Waals surface area contributed by atoms with Gasteiger partial charge in [-0.3, -0.25) is 0 Å². The van der Waals surface area contributed by atoms with Crippen molar-refractivity contribution in [3.05, 3.63) is 127 Å². The molecular formula is C50H65Cl2SiZr. The second-order valence-corrected chi connectivity index (χ2v) is 60.8. The quantitative estimate of drug-likeness (QED) is 0.132. The minimum atomic E-state index is -5.06. The summed E-state index contributed by atoms with van der Waals surface area (Å²) in [5.41, 5.74) is 22.0. The summed E-state index contributed by atoms with van der Waals surface area (Å²) in [7, 11) is 18.1. The van der Waals surface area contributed by atoms with E-state index in [1.807, 2.05) is 0 Å². The molecule has 4 atom stereocenters. The molecule has 4 unspecified atom stereocenters. The molecule has 0 N–H and O–H groups in total. The molecule has 0 radical (unpaired) electrons. The van der Waals surface area contributed by atoms with E-state index >= 15 is 0 Å². The summed E-state index contributed by atoms with van der Waals surface area (Å²) in [4.78, 5) is 0. The molecule has 4 aromatic rings. The van der Waals surface area contributed by atoms with Gasteiger partial charge in [-0.25, -0.2) is 0 Å². The van der Waals surface area contributed by atoms with Crippen LogP contribution in [0.3, 0.4) is 0 Å². The maximum atomic E-state index is 9.05. The molecule has 2 aliphatic rings. The summed E-state index contributed by atoms with van der Waals surface area (Å²) in [6, 6.07) is 23.9. The van der Waals surface area contributed by atoms with Gasteiger partial charge in [0.2, 0.25) is 0 Å². The second kappa shape index (κ2) is 15.4. The molecule has 0 saturated heterocycles. The monoisotopic (exact) mass is 853 g/mol. The van der Waals surface area contributed by atoms with Gasteiger partial charge in [-0.1, -0.05) is 0 Å². The van der Waals surface area contributed by atoms with E-state index in [4.69, 9.17) is 17.0 Å². The summed E-state index contributed by atoms with van der Waals surface area (Å²) in [6.45, 7) is 32.8. The number of halogens is 2. The van der Waals surface area contributed by atoms with Crippen LogP contribution in [0.1, 0.15) is 143 Å². The fourth-order valence-corrected chi connectivity index (χ4v) is 41.5. The summed E-state index contributed by atoms with van der Waals surface area (Å²) < 4.78 is 0.130. The van der Waals surface area contributed by atoms with Gasteiger partial charge in [0.25, 0.3) is 0 Å². The zero-order chi connectivity index (χ0) is 39.6. The first-order valence-corrected chi connectivity index (χ1v) is 37.2. The molecule has 2 aliphatic carbocycles. The molecule has 0 saturated carbocycles. The fourth-order valence-electron chi connectivity index (χ4n) is 10.2. The Morgan fingerprint density at radius 3 is 1.17 bits per heavy atom. The van der Waals surface area contributed by atoms with Gasteiger partial charge >= 0.3 is 340 Å². The van der Waals surface area contributed by atoms with Crippen LogP contribution in [0.2, 0.25) is 13.1 Å². The molecule has 0 spiro atoms. The summed E-state index contributed by atoms with van der Waals surface area (Å²) in [6.07, 6.45) is 7.31. The van der Waals surface area contributed by atoms with E-state index in [9.17, 15) is 0 Å². The number of hydrogen-bond acceptors (Lipinski definition) is 0. The Balaban J connectivity index is 1.72. The van der Waals surface area contributed by atoms with Crippen LogP contribution in [0.25, 0.3) is 34.4 Å². The van der Waals surface area contributed by atoms with Gasteiger partial charge in [0.15, 0.2) is 0 Å². The summed E-state index contributed by atoms with van der Waals surface area (Å²) in [5, 5.41) is 0. The number of aryl methyl sites for hydroxylation is 4. The molecule has 0 aromatic heterocycles. The van der Waals surface area contributed by atoms with Crippen LogP contribution in [-0.2, 0) is 15.6 Å². The van der Waals surface area contributed by atoms with Crippen LogP contribution >= 0.6 is 17.0 Å². The number of benzene rings is 4. The molecule has 0 heterocycles. The van der Waals surface area contributed by atoms with E-state index in [1.165, 1.54) is 89.0 Å². The minimum absolute atomic E-state index is 0.0649. The van der Waals surface area contributed by atoms with Crippen molar-refractivity contribution in [1.82, 2.24) is 0 Å². The standard InChI is InChI=1S/2C24H29.C2H7Si.2ClH.Zr/c2*1-7-18(6)20-13-19-8-9-22(15(2)3)24(23(19)14-20)21-11-16(4)10-17(5)12-21;1-3-2;;;/h2*8-15,18H,7H2,1-6H3;3H,1-2H3;2*1H;/q;;;;;+2/p-2. The van der Waals surface area contributed by atoms with Crippen molar-refractivity contribution in [1.29, 1.82) is 0 Å². The normalized spacial score (nSPS) is 18.8. The first-order chi connectivity index (χ1) is 25.3. The Morgan fingerprint density at radius 1 is 0.556 bits per heavy atom. The van der Waals surface area contributed by atoms with Gasteiger partial charge in [0, 0.05) is 0 Å². The molecule has 0 nitrogen and oxygen atoms in total. The van der Waals surface area contributed by atoms with Crippen LogP contribution in [-0.4, -0.2) is 5.92 Å². The first-order valence-electron chi connectivity index (χ1n) is 20.8. The van der Waals surface area contributed by atoms with Gasteiger partial charge in [-0.15, -0.1) is 0 Å². The molecular weight excluding hydrogens is 791 g/mol. The molecule has 287 valence electrons. The SMILES string of the molecule is CCC(C)C1=Cc2c(ccc(C(C)C)c2-c2cc(C)cc(C)c2)[CH]1[Zr]([Cl])([Cl])([CH]1C(C(C)CC)=Cc2c1ccc(C(C)C)c2-c1cc(C)cc(C)c1)[SiH](C)C. The zero-order valence-corrected chi connectivity index (χ0v) is 40.8. The Hall–Kier alpha value is -1.96. The first kappa shape index (κ1) is 41.7. The van der Waals surface area contributed by atoms with Crippen LogP contribution in [0, 0.1) is 39.5 Å². The maximum absolute atomic E-state index is 9.05. The van der Waals surface area contributed by atoms with Crippen LogP contribution in [0.5, 0.6) is 0 Å². The molecule has 0 bridgehead atoms. The van der Waals surface area contributed by atoms with E-state index in [1.54, 1.807) is 0 Å². The van der Waals surface area contributed by atoms with Gasteiger partial charge in [-0.05, 0) is 0 Å². The van der Waals surface area contributed by atoms with Crippen LogP contribution in [0.4, 0.5) is 0 Å². The molecule has 4 aromatic carbocycles. The van der Waals surface area contributed by atoms with Crippen molar-refractivity contribution >= 4 is 35.1 Å². The van der Waals surface area contributed by atoms with E-state index < -0.39 is 21.5 Å². The molecule has 4 heteroatoms. The number of rotatable bonds is 11. The van der Waals surface area contributed by atoms with E-state index in [0.717, 1.165) is 12.8 Å². The van der Waals surface area contributed by atoms with Gasteiger partial charge in [0.05, 0.1) is 0 Å². The van der Waals surface area contributed by atoms with Crippen molar-refractivity contribution in [3.63, 3.8) is 0 Å². The number of allylic oxidation sites excluding steroid dienone is 2. The average Bonchev–Trinajstić information content (AvgIpc) is 3.70. The molecule has 0 fully saturated rings. The number of hydrogen-bond donors (Lipinski definition) is 0. The molecule has 54 heavy (non-hydrogen) atoms. The fraction of sp³-hybridized carbons (Fsp3) is 0.440. The van der Waals surface area contributed by atoms with Crippen molar-refractivity contribution in [2.45, 2.75) is 128 Å². The van der Waals surface area contributed by atoms with Gasteiger partial charge in [-0.2, -0.15) is 0 Å². The third-order valence-electron chi connectivity index (χ3n) is 13.4. The molecule has 6 rings (SSSR count). The Labute approximate surface area is 337 Å². The Morgan fingerprint density at radius 2 is 0.889 bits per heavy atom. The zero-order valence-electron chi connectivity index (χ0n) is 35.6. The topological polar surface area (TPSA) is 0 Å². The molecule has 0 aliphatic heterocycles.